The molecule has 2 aliphatic heterocycles. The van der Waals surface area contributed by atoms with Gasteiger partial charge in [0.15, 0.2) is 0 Å². The Morgan fingerprint density at radius 1 is 0.875 bits per heavy atom. The van der Waals surface area contributed by atoms with Gasteiger partial charge in [-0.25, -0.2) is 0 Å². The molecule has 3 heterocycles. The van der Waals surface area contributed by atoms with Crippen molar-refractivity contribution in [2.45, 2.75) is 44.0 Å². The molecule has 2 fully saturated rings. The summed E-state index contributed by atoms with van der Waals surface area (Å²) in [5.41, 5.74) is 3.25. The Balaban J connectivity index is 0.000000188. The fourth-order valence-corrected chi connectivity index (χ4v) is 5.48. The molecule has 2 atom stereocenters. The van der Waals surface area contributed by atoms with Gasteiger partial charge in [-0.3, -0.25) is 14.6 Å². The maximum Gasteiger partial charge on any atom is 0.417 e. The molecule has 0 aliphatic carbocycles. The van der Waals surface area contributed by atoms with Crippen molar-refractivity contribution in [3.63, 3.8) is 0 Å². The fourth-order valence-electron chi connectivity index (χ4n) is 5.35. The minimum Gasteiger partial charge on any atom is -0.371 e. The van der Waals surface area contributed by atoms with Crippen molar-refractivity contribution >= 4 is 34.8 Å². The number of rotatable bonds is 8. The van der Waals surface area contributed by atoms with Crippen LogP contribution >= 0.6 is 11.6 Å². The summed E-state index contributed by atoms with van der Waals surface area (Å²) in [6.07, 6.45) is 0.962. The Hall–Kier alpha value is -4.29. The molecule has 4 N–H and O–H groups in total. The molecular formula is C36H37ClF3N5O3. The minimum absolute atomic E-state index is 0.0323. The van der Waals surface area contributed by atoms with Gasteiger partial charge in [0.25, 0.3) is 11.8 Å². The van der Waals surface area contributed by atoms with Crippen molar-refractivity contribution in [3.8, 4) is 0 Å². The summed E-state index contributed by atoms with van der Waals surface area (Å²) in [5, 5.41) is 12.9. The zero-order chi connectivity index (χ0) is 33.9. The second-order valence-electron chi connectivity index (χ2n) is 11.6. The lowest BCUT2D eigenvalue weighted by molar-refractivity contribution is -0.137. The number of amides is 2. The first-order valence-electron chi connectivity index (χ1n) is 15.8. The Morgan fingerprint density at radius 3 is 2.15 bits per heavy atom. The molecule has 0 bridgehead atoms. The predicted octanol–water partition coefficient (Wildman–Crippen LogP) is 7.29. The number of hydrogen-bond acceptors (Lipinski definition) is 6. The van der Waals surface area contributed by atoms with E-state index in [2.05, 4.69) is 38.4 Å². The summed E-state index contributed by atoms with van der Waals surface area (Å²) in [4.78, 5) is 27.8. The molecule has 0 saturated carbocycles. The van der Waals surface area contributed by atoms with E-state index in [1.807, 2.05) is 24.3 Å². The zero-order valence-corrected chi connectivity index (χ0v) is 26.9. The number of hydrogen-bond donors (Lipinski definition) is 4. The number of ether oxygens (including phenoxy) is 1. The van der Waals surface area contributed by atoms with Crippen LogP contribution in [0, 0.1) is 0 Å². The second-order valence-corrected chi connectivity index (χ2v) is 12.0. The molecule has 3 aromatic carbocycles. The molecule has 0 spiro atoms. The van der Waals surface area contributed by atoms with Gasteiger partial charge >= 0.3 is 6.18 Å². The standard InChI is InChI=1S/C19H21ClN2O.C17H16F3N3O2/c20-16-8-6-15(7-9-16)19(23)22-18-11-4-14(5-12-18)3-10-17-2-1-13-21-17;18-17(19,20)12-3-6-14(22-9-12)16(24)23-13-4-1-11(2-5-13)15-10-21-7-8-25-15/h4-9,11-12,17,21H,1-3,10,13H2,(H,22,23);1-6,9,15,21H,7-8,10H2,(H,23,24). The van der Waals surface area contributed by atoms with Gasteiger partial charge in [-0.1, -0.05) is 35.9 Å². The SMILES string of the molecule is O=C(Nc1ccc(C2CNCCO2)cc1)c1ccc(C(F)(F)F)cn1.O=C(Nc1ccc(CCC2CCCN2)cc1)c1ccc(Cl)cc1. The van der Waals surface area contributed by atoms with Gasteiger partial charge in [-0.2, -0.15) is 13.2 Å². The molecule has 2 saturated heterocycles. The third kappa shape index (κ3) is 10.4. The van der Waals surface area contributed by atoms with Gasteiger partial charge in [-0.15, -0.1) is 0 Å². The van der Waals surface area contributed by atoms with Crippen LogP contribution < -0.4 is 21.3 Å². The fraction of sp³-hybridized carbons (Fsp3) is 0.306. The number of nitrogens with one attached hydrogen (secondary N) is 4. The molecular weight excluding hydrogens is 643 g/mol. The number of anilines is 2. The Kier molecular flexibility index (Phi) is 12.2. The highest BCUT2D eigenvalue weighted by molar-refractivity contribution is 6.30. The maximum absolute atomic E-state index is 12.5. The molecule has 1 aromatic heterocycles. The average molecular weight is 680 g/mol. The molecule has 2 unspecified atom stereocenters. The highest BCUT2D eigenvalue weighted by Gasteiger charge is 2.31. The van der Waals surface area contributed by atoms with E-state index in [0.717, 1.165) is 49.4 Å². The number of aryl methyl sites for hydroxylation is 1. The summed E-state index contributed by atoms with van der Waals surface area (Å²) in [5.74, 6) is -0.693. The lowest BCUT2D eigenvalue weighted by atomic mass is 10.0. The Bertz CT molecular complexity index is 1620. The summed E-state index contributed by atoms with van der Waals surface area (Å²) >= 11 is 5.83. The molecule has 252 valence electrons. The van der Waals surface area contributed by atoms with Gasteiger partial charge in [0.2, 0.25) is 0 Å². The van der Waals surface area contributed by atoms with Crippen molar-refractivity contribution in [2.24, 2.45) is 0 Å². The predicted molar refractivity (Wildman–Crippen MR) is 180 cm³/mol. The van der Waals surface area contributed by atoms with E-state index in [1.165, 1.54) is 24.8 Å². The number of alkyl halides is 3. The highest BCUT2D eigenvalue weighted by atomic mass is 35.5. The van der Waals surface area contributed by atoms with Crippen molar-refractivity contribution in [1.29, 1.82) is 0 Å². The normalized spacial score (nSPS) is 17.6. The van der Waals surface area contributed by atoms with Crippen LogP contribution in [0.3, 0.4) is 0 Å². The van der Waals surface area contributed by atoms with E-state index in [0.29, 0.717) is 35.1 Å². The molecule has 0 radical (unpaired) electrons. The van der Waals surface area contributed by atoms with Crippen LogP contribution in [0.4, 0.5) is 24.5 Å². The number of aromatic nitrogens is 1. The number of benzene rings is 3. The molecule has 6 rings (SSSR count). The van der Waals surface area contributed by atoms with Crippen LogP contribution in [-0.2, 0) is 17.3 Å². The van der Waals surface area contributed by atoms with Crippen LogP contribution in [0.2, 0.25) is 5.02 Å². The van der Waals surface area contributed by atoms with Crippen molar-refractivity contribution < 1.29 is 27.5 Å². The van der Waals surface area contributed by atoms with Gasteiger partial charge in [0.1, 0.15) is 5.69 Å². The molecule has 48 heavy (non-hydrogen) atoms. The third-order valence-electron chi connectivity index (χ3n) is 8.05. The van der Waals surface area contributed by atoms with E-state index in [4.69, 9.17) is 16.3 Å². The number of pyridine rings is 1. The van der Waals surface area contributed by atoms with Gasteiger partial charge in [-0.05, 0) is 104 Å². The first-order valence-corrected chi connectivity index (χ1v) is 16.2. The van der Waals surface area contributed by atoms with E-state index >= 15 is 0 Å². The zero-order valence-electron chi connectivity index (χ0n) is 26.2. The first kappa shape index (κ1) is 35.0. The molecule has 2 aliphatic rings. The number of nitrogens with zero attached hydrogens (tertiary/aromatic N) is 1. The van der Waals surface area contributed by atoms with Crippen LogP contribution in [0.5, 0.6) is 0 Å². The van der Waals surface area contributed by atoms with Crippen LogP contribution in [0.25, 0.3) is 0 Å². The van der Waals surface area contributed by atoms with Crippen molar-refractivity contribution in [3.05, 3.63) is 124 Å². The van der Waals surface area contributed by atoms with Gasteiger partial charge < -0.3 is 26.0 Å². The number of carbonyl (C=O) groups excluding carboxylic acids is 2. The smallest absolute Gasteiger partial charge is 0.371 e. The summed E-state index contributed by atoms with van der Waals surface area (Å²) in [6.45, 7) is 3.34. The lowest BCUT2D eigenvalue weighted by Crippen LogP contribution is -2.33. The minimum atomic E-state index is -4.48. The summed E-state index contributed by atoms with van der Waals surface area (Å²) < 4.78 is 43.2. The van der Waals surface area contributed by atoms with Crippen LogP contribution in [0.15, 0.2) is 91.1 Å². The topological polar surface area (TPSA) is 104 Å². The maximum atomic E-state index is 12.5. The van der Waals surface area contributed by atoms with Crippen molar-refractivity contribution in [2.75, 3.05) is 36.9 Å². The average Bonchev–Trinajstić information content (AvgIpc) is 3.63. The van der Waals surface area contributed by atoms with Crippen molar-refractivity contribution in [1.82, 2.24) is 15.6 Å². The Morgan fingerprint density at radius 2 is 1.56 bits per heavy atom. The van der Waals surface area contributed by atoms with Gasteiger partial charge in [0.05, 0.1) is 18.3 Å². The summed E-state index contributed by atoms with van der Waals surface area (Å²) in [7, 11) is 0. The number of halogens is 4. The largest absolute Gasteiger partial charge is 0.417 e. The number of carbonyl (C=O) groups is 2. The van der Waals surface area contributed by atoms with E-state index < -0.39 is 17.6 Å². The lowest BCUT2D eigenvalue weighted by Gasteiger charge is -2.24. The van der Waals surface area contributed by atoms with E-state index in [9.17, 15) is 22.8 Å². The quantitative estimate of drug-likeness (QED) is 0.156. The second kappa shape index (κ2) is 16.7. The van der Waals surface area contributed by atoms with E-state index in [-0.39, 0.29) is 17.7 Å². The first-order chi connectivity index (χ1) is 23.1. The third-order valence-corrected chi connectivity index (χ3v) is 8.31. The van der Waals surface area contributed by atoms with E-state index in [1.54, 1.807) is 36.4 Å². The molecule has 12 heteroatoms. The Labute approximate surface area is 282 Å². The molecule has 4 aromatic rings. The molecule has 2 amide bonds. The monoisotopic (exact) mass is 679 g/mol. The van der Waals surface area contributed by atoms with Crippen LogP contribution in [0.1, 0.15) is 62.9 Å². The molecule has 8 nitrogen and oxygen atoms in total. The number of morpholine rings is 1. The van der Waals surface area contributed by atoms with Gasteiger partial charge in [0, 0.05) is 47.3 Å². The highest BCUT2D eigenvalue weighted by Crippen LogP contribution is 2.28. The van der Waals surface area contributed by atoms with Crippen LogP contribution in [-0.4, -0.2) is 49.1 Å². The summed E-state index contributed by atoms with van der Waals surface area (Å²) in [6, 6.07) is 24.7.